The van der Waals surface area contributed by atoms with Gasteiger partial charge in [0.1, 0.15) is 11.3 Å². The van der Waals surface area contributed by atoms with Crippen LogP contribution in [0.3, 0.4) is 0 Å². The van der Waals surface area contributed by atoms with Gasteiger partial charge in [-0.2, -0.15) is 0 Å². The fourth-order valence-corrected chi connectivity index (χ4v) is 3.02. The average Bonchev–Trinajstić information content (AvgIpc) is 3.21. The molecule has 0 unspecified atom stereocenters. The molecule has 0 radical (unpaired) electrons. The first-order valence-corrected chi connectivity index (χ1v) is 8.98. The van der Waals surface area contributed by atoms with Crippen LogP contribution in [0.2, 0.25) is 0 Å². The van der Waals surface area contributed by atoms with E-state index in [0.29, 0.717) is 27.4 Å². The van der Waals surface area contributed by atoms with E-state index in [0.717, 1.165) is 16.6 Å². The highest BCUT2D eigenvalue weighted by molar-refractivity contribution is 9.10. The Bertz CT molecular complexity index is 1140. The second-order valence-corrected chi connectivity index (χ2v) is 6.99. The van der Waals surface area contributed by atoms with Gasteiger partial charge in [-0.05, 0) is 77.3 Å². The lowest BCUT2D eigenvalue weighted by Crippen LogP contribution is -2.10. The van der Waals surface area contributed by atoms with E-state index in [1.807, 2.05) is 26.0 Å². The molecule has 0 aliphatic heterocycles. The Morgan fingerprint density at radius 1 is 1.07 bits per heavy atom. The summed E-state index contributed by atoms with van der Waals surface area (Å²) < 4.78 is 11.5. The number of rotatable bonds is 3. The van der Waals surface area contributed by atoms with E-state index in [-0.39, 0.29) is 11.5 Å². The standard InChI is InChI=1S/C20H15BrN2O4/c1-10-7-14-17(8-11(10)2)27-20(23-14)13-4-3-12(9-15(13)24)22-19(25)16-5-6-18(21)26-16/h3-9,24H,1-2H3,(H,22,25). The summed E-state index contributed by atoms with van der Waals surface area (Å²) in [5.74, 6) is 0.0181. The van der Waals surface area contributed by atoms with Crippen LogP contribution in [-0.2, 0) is 0 Å². The molecule has 0 saturated heterocycles. The molecule has 0 atom stereocenters. The van der Waals surface area contributed by atoms with Gasteiger partial charge in [0.2, 0.25) is 5.89 Å². The Hall–Kier alpha value is -3.06. The van der Waals surface area contributed by atoms with Crippen LogP contribution in [0, 0.1) is 13.8 Å². The van der Waals surface area contributed by atoms with Crippen molar-refractivity contribution in [2.75, 3.05) is 5.32 Å². The zero-order valence-electron chi connectivity index (χ0n) is 14.5. The third-order valence-corrected chi connectivity index (χ3v) is 4.71. The number of aromatic nitrogens is 1. The first-order valence-electron chi connectivity index (χ1n) is 8.18. The molecule has 4 aromatic rings. The molecular weight excluding hydrogens is 412 g/mol. The third-order valence-electron chi connectivity index (χ3n) is 4.29. The summed E-state index contributed by atoms with van der Waals surface area (Å²) >= 11 is 3.15. The summed E-state index contributed by atoms with van der Waals surface area (Å²) in [6.07, 6.45) is 0. The minimum absolute atomic E-state index is 0.0478. The van der Waals surface area contributed by atoms with E-state index < -0.39 is 5.91 Å². The summed E-state index contributed by atoms with van der Waals surface area (Å²) in [5.41, 5.74) is 4.49. The number of oxazole rings is 1. The number of fused-ring (bicyclic) bond motifs is 1. The number of nitrogens with zero attached hydrogens (tertiary/aromatic N) is 1. The molecule has 4 rings (SSSR count). The summed E-state index contributed by atoms with van der Waals surface area (Å²) in [5, 5.41) is 13.1. The Morgan fingerprint density at radius 2 is 1.85 bits per heavy atom. The van der Waals surface area contributed by atoms with Gasteiger partial charge >= 0.3 is 0 Å². The van der Waals surface area contributed by atoms with Gasteiger partial charge in [-0.15, -0.1) is 0 Å². The van der Waals surface area contributed by atoms with Crippen LogP contribution < -0.4 is 5.32 Å². The molecule has 1 amide bonds. The fourth-order valence-electron chi connectivity index (χ4n) is 2.71. The van der Waals surface area contributed by atoms with Crippen molar-refractivity contribution in [2.45, 2.75) is 13.8 Å². The van der Waals surface area contributed by atoms with Crippen molar-refractivity contribution >= 4 is 38.6 Å². The zero-order chi connectivity index (χ0) is 19.1. The van der Waals surface area contributed by atoms with Gasteiger partial charge in [0, 0.05) is 11.8 Å². The van der Waals surface area contributed by atoms with Gasteiger partial charge in [0.15, 0.2) is 16.0 Å². The van der Waals surface area contributed by atoms with E-state index in [1.54, 1.807) is 24.3 Å². The molecule has 2 heterocycles. The maximum atomic E-state index is 12.1. The van der Waals surface area contributed by atoms with Gasteiger partial charge in [0.25, 0.3) is 5.91 Å². The summed E-state index contributed by atoms with van der Waals surface area (Å²) in [4.78, 5) is 16.6. The minimum Gasteiger partial charge on any atom is -0.507 e. The molecule has 0 spiro atoms. The Kier molecular flexibility index (Phi) is 4.24. The number of amides is 1. The predicted octanol–water partition coefficient (Wildman–Crippen LogP) is 5.43. The summed E-state index contributed by atoms with van der Waals surface area (Å²) in [6.45, 7) is 4.01. The van der Waals surface area contributed by atoms with Crippen LogP contribution in [-0.4, -0.2) is 16.0 Å². The maximum Gasteiger partial charge on any atom is 0.291 e. The molecule has 0 aliphatic rings. The van der Waals surface area contributed by atoms with Crippen LogP contribution in [0.5, 0.6) is 5.75 Å². The average molecular weight is 427 g/mol. The van der Waals surface area contributed by atoms with Crippen molar-refractivity contribution in [3.63, 3.8) is 0 Å². The topological polar surface area (TPSA) is 88.5 Å². The predicted molar refractivity (Wildman–Crippen MR) is 105 cm³/mol. The van der Waals surface area contributed by atoms with Crippen molar-refractivity contribution in [1.82, 2.24) is 4.98 Å². The van der Waals surface area contributed by atoms with Gasteiger partial charge in [0.05, 0.1) is 5.56 Å². The Balaban J connectivity index is 1.63. The molecule has 2 aromatic carbocycles. The number of carbonyl (C=O) groups excluding carboxylic acids is 1. The quantitative estimate of drug-likeness (QED) is 0.456. The van der Waals surface area contributed by atoms with Gasteiger partial charge in [-0.25, -0.2) is 4.98 Å². The Labute approximate surface area is 163 Å². The fraction of sp³-hybridized carbons (Fsp3) is 0.100. The van der Waals surface area contributed by atoms with Gasteiger partial charge in [-0.3, -0.25) is 4.79 Å². The van der Waals surface area contributed by atoms with E-state index in [4.69, 9.17) is 8.83 Å². The number of aromatic hydroxyl groups is 1. The van der Waals surface area contributed by atoms with E-state index >= 15 is 0 Å². The van der Waals surface area contributed by atoms with Crippen LogP contribution >= 0.6 is 15.9 Å². The highest BCUT2D eigenvalue weighted by atomic mass is 79.9. The van der Waals surface area contributed by atoms with E-state index in [1.165, 1.54) is 6.07 Å². The number of nitrogens with one attached hydrogen (secondary N) is 1. The number of aryl methyl sites for hydroxylation is 2. The molecular formula is C20H15BrN2O4. The molecule has 7 heteroatoms. The number of anilines is 1. The lowest BCUT2D eigenvalue weighted by Gasteiger charge is -2.06. The van der Waals surface area contributed by atoms with Gasteiger partial charge < -0.3 is 19.3 Å². The normalized spacial score (nSPS) is 11.1. The molecule has 6 nitrogen and oxygen atoms in total. The number of halogens is 1. The highest BCUT2D eigenvalue weighted by Crippen LogP contribution is 2.34. The van der Waals surface area contributed by atoms with Crippen LogP contribution in [0.1, 0.15) is 21.7 Å². The SMILES string of the molecule is Cc1cc2nc(-c3ccc(NC(=O)c4ccc(Br)o4)cc3O)oc2cc1C. The number of carbonyl (C=O) groups is 1. The first-order chi connectivity index (χ1) is 12.9. The largest absolute Gasteiger partial charge is 0.507 e. The third kappa shape index (κ3) is 3.33. The summed E-state index contributed by atoms with van der Waals surface area (Å²) in [6, 6.07) is 11.8. The van der Waals surface area contributed by atoms with Crippen LogP contribution in [0.4, 0.5) is 5.69 Å². The number of phenolic OH excluding ortho intramolecular Hbond substituents is 1. The number of benzene rings is 2. The number of hydrogen-bond acceptors (Lipinski definition) is 5. The number of phenols is 1. The zero-order valence-corrected chi connectivity index (χ0v) is 16.1. The number of furan rings is 1. The maximum absolute atomic E-state index is 12.1. The van der Waals surface area contributed by atoms with Crippen molar-refractivity contribution in [2.24, 2.45) is 0 Å². The second-order valence-electron chi connectivity index (χ2n) is 6.21. The minimum atomic E-state index is -0.416. The Morgan fingerprint density at radius 3 is 2.56 bits per heavy atom. The van der Waals surface area contributed by atoms with E-state index in [9.17, 15) is 9.90 Å². The van der Waals surface area contributed by atoms with Crippen molar-refractivity contribution in [1.29, 1.82) is 0 Å². The highest BCUT2D eigenvalue weighted by Gasteiger charge is 2.16. The smallest absolute Gasteiger partial charge is 0.291 e. The summed E-state index contributed by atoms with van der Waals surface area (Å²) in [7, 11) is 0. The molecule has 2 N–H and O–H groups in total. The molecule has 0 fully saturated rings. The lowest BCUT2D eigenvalue weighted by atomic mass is 10.1. The molecule has 136 valence electrons. The number of hydrogen-bond donors (Lipinski definition) is 2. The molecule has 0 saturated carbocycles. The lowest BCUT2D eigenvalue weighted by molar-refractivity contribution is 0.0995. The van der Waals surface area contributed by atoms with Gasteiger partial charge in [-0.1, -0.05) is 0 Å². The van der Waals surface area contributed by atoms with Crippen molar-refractivity contribution in [3.05, 3.63) is 64.0 Å². The molecule has 2 aromatic heterocycles. The van der Waals surface area contributed by atoms with Crippen molar-refractivity contribution in [3.8, 4) is 17.2 Å². The molecule has 27 heavy (non-hydrogen) atoms. The first kappa shape index (κ1) is 17.4. The van der Waals surface area contributed by atoms with Crippen LogP contribution in [0.25, 0.3) is 22.6 Å². The monoisotopic (exact) mass is 426 g/mol. The molecule has 0 aliphatic carbocycles. The van der Waals surface area contributed by atoms with E-state index in [2.05, 4.69) is 26.2 Å². The van der Waals surface area contributed by atoms with Crippen molar-refractivity contribution < 1.29 is 18.7 Å². The van der Waals surface area contributed by atoms with Crippen LogP contribution in [0.15, 0.2) is 56.0 Å². The molecule has 0 bridgehead atoms. The second kappa shape index (κ2) is 6.59.